The molecule has 27 heavy (non-hydrogen) atoms. The van der Waals surface area contributed by atoms with Crippen LogP contribution in [0.25, 0.3) is 0 Å². The molecular formula is C21H27N3O2S. The molecule has 3 rings (SSSR count). The number of hydrogen-bond acceptors (Lipinski definition) is 6. The highest BCUT2D eigenvalue weighted by Gasteiger charge is 2.22. The molecule has 1 saturated heterocycles. The number of benzene rings is 1. The molecule has 0 bridgehead atoms. The number of hydrogen-bond donors (Lipinski definition) is 1. The van der Waals surface area contributed by atoms with E-state index in [9.17, 15) is 0 Å². The van der Waals surface area contributed by atoms with E-state index in [4.69, 9.17) is 14.7 Å². The number of nitrogens with zero attached hydrogens (tertiary/aromatic N) is 2. The maximum Gasteiger partial charge on any atom is 0.119 e. The van der Waals surface area contributed by atoms with Gasteiger partial charge < -0.3 is 14.8 Å². The summed E-state index contributed by atoms with van der Waals surface area (Å²) >= 11 is 1.82. The zero-order valence-electron chi connectivity index (χ0n) is 15.6. The second-order valence-corrected chi connectivity index (χ2v) is 7.55. The van der Waals surface area contributed by atoms with Gasteiger partial charge in [0.05, 0.1) is 31.9 Å². The molecule has 0 saturated carbocycles. The van der Waals surface area contributed by atoms with E-state index in [0.717, 1.165) is 51.6 Å². The van der Waals surface area contributed by atoms with Crippen molar-refractivity contribution in [2.45, 2.75) is 25.4 Å². The molecule has 0 amide bonds. The minimum absolute atomic E-state index is 0.388. The van der Waals surface area contributed by atoms with Gasteiger partial charge in [-0.3, -0.25) is 4.90 Å². The minimum atomic E-state index is 0.388. The van der Waals surface area contributed by atoms with Crippen LogP contribution in [0.1, 0.15) is 29.3 Å². The molecule has 1 fully saturated rings. The molecule has 1 aromatic heterocycles. The zero-order chi connectivity index (χ0) is 18.7. The van der Waals surface area contributed by atoms with Crippen molar-refractivity contribution in [3.8, 4) is 11.8 Å². The average Bonchev–Trinajstić information content (AvgIpc) is 3.24. The SMILES string of the molecule is N#CCCCOc1cccc(CNCC(c2cccs2)N2CCOCC2)c1. The lowest BCUT2D eigenvalue weighted by atomic mass is 10.1. The fourth-order valence-electron chi connectivity index (χ4n) is 3.22. The summed E-state index contributed by atoms with van der Waals surface area (Å²) in [7, 11) is 0. The molecular weight excluding hydrogens is 358 g/mol. The van der Waals surface area contributed by atoms with Crippen LogP contribution in [-0.2, 0) is 11.3 Å². The first kappa shape index (κ1) is 19.8. The van der Waals surface area contributed by atoms with Gasteiger partial charge in [-0.05, 0) is 35.6 Å². The Morgan fingerprint density at radius 2 is 2.15 bits per heavy atom. The van der Waals surface area contributed by atoms with Crippen LogP contribution < -0.4 is 10.1 Å². The van der Waals surface area contributed by atoms with Gasteiger partial charge in [0.1, 0.15) is 5.75 Å². The van der Waals surface area contributed by atoms with Crippen LogP contribution in [0.3, 0.4) is 0 Å². The summed E-state index contributed by atoms with van der Waals surface area (Å²) in [4.78, 5) is 3.91. The molecule has 1 N–H and O–H groups in total. The standard InChI is InChI=1S/C21H27N3O2S/c22-8-1-2-11-26-19-6-3-5-18(15-19)16-23-17-20(21-7-4-14-27-21)24-9-12-25-13-10-24/h3-7,14-15,20,23H,1-2,9-13,16-17H2. The Hall–Kier alpha value is -1.91. The van der Waals surface area contributed by atoms with Gasteiger partial charge in [-0.25, -0.2) is 0 Å². The van der Waals surface area contributed by atoms with Gasteiger partial charge in [0, 0.05) is 37.5 Å². The van der Waals surface area contributed by atoms with E-state index in [1.165, 1.54) is 10.4 Å². The third-order valence-electron chi connectivity index (χ3n) is 4.62. The van der Waals surface area contributed by atoms with Gasteiger partial charge in [0.15, 0.2) is 0 Å². The van der Waals surface area contributed by atoms with E-state index in [1.54, 1.807) is 0 Å². The van der Waals surface area contributed by atoms with Gasteiger partial charge in [-0.2, -0.15) is 5.26 Å². The predicted molar refractivity (Wildman–Crippen MR) is 108 cm³/mol. The molecule has 144 valence electrons. The first-order valence-corrected chi connectivity index (χ1v) is 10.4. The van der Waals surface area contributed by atoms with E-state index >= 15 is 0 Å². The lowest BCUT2D eigenvalue weighted by Gasteiger charge is -2.34. The quantitative estimate of drug-likeness (QED) is 0.634. The summed E-state index contributed by atoms with van der Waals surface area (Å²) in [6.45, 7) is 5.89. The lowest BCUT2D eigenvalue weighted by Crippen LogP contribution is -2.42. The minimum Gasteiger partial charge on any atom is -0.494 e. The summed E-state index contributed by atoms with van der Waals surface area (Å²) in [5.74, 6) is 0.871. The maximum atomic E-state index is 8.59. The number of unbranched alkanes of at least 4 members (excludes halogenated alkanes) is 1. The Balaban J connectivity index is 1.51. The van der Waals surface area contributed by atoms with E-state index in [1.807, 2.05) is 23.5 Å². The van der Waals surface area contributed by atoms with E-state index in [2.05, 4.69) is 45.9 Å². The molecule has 1 aliphatic heterocycles. The van der Waals surface area contributed by atoms with Crippen molar-refractivity contribution in [2.75, 3.05) is 39.5 Å². The molecule has 0 spiro atoms. The zero-order valence-corrected chi connectivity index (χ0v) is 16.4. The van der Waals surface area contributed by atoms with Crippen molar-refractivity contribution < 1.29 is 9.47 Å². The highest BCUT2D eigenvalue weighted by Crippen LogP contribution is 2.25. The second-order valence-electron chi connectivity index (χ2n) is 6.57. The van der Waals surface area contributed by atoms with Crippen LogP contribution >= 0.6 is 11.3 Å². The van der Waals surface area contributed by atoms with Gasteiger partial charge in [0.2, 0.25) is 0 Å². The Morgan fingerprint density at radius 3 is 2.93 bits per heavy atom. The number of nitrogens with one attached hydrogen (secondary N) is 1. The number of thiophene rings is 1. The first-order chi connectivity index (χ1) is 13.4. The summed E-state index contributed by atoms with van der Waals surface area (Å²) in [6.07, 6.45) is 1.30. The van der Waals surface area contributed by atoms with Crippen molar-refractivity contribution in [1.29, 1.82) is 5.26 Å². The smallest absolute Gasteiger partial charge is 0.119 e. The molecule has 1 atom stereocenters. The Kier molecular flexibility index (Phi) is 8.12. The van der Waals surface area contributed by atoms with Crippen LogP contribution in [0.5, 0.6) is 5.75 Å². The molecule has 1 aromatic carbocycles. The molecule has 0 aliphatic carbocycles. The van der Waals surface area contributed by atoms with Crippen molar-refractivity contribution in [3.63, 3.8) is 0 Å². The van der Waals surface area contributed by atoms with Crippen LogP contribution in [0.2, 0.25) is 0 Å². The summed E-state index contributed by atoms with van der Waals surface area (Å²) < 4.78 is 11.2. The van der Waals surface area contributed by atoms with E-state index in [0.29, 0.717) is 19.1 Å². The third-order valence-corrected chi connectivity index (χ3v) is 5.60. The van der Waals surface area contributed by atoms with Gasteiger partial charge in [0.25, 0.3) is 0 Å². The Bertz CT molecular complexity index is 708. The maximum absolute atomic E-state index is 8.59. The Labute approximate surface area is 165 Å². The summed E-state index contributed by atoms with van der Waals surface area (Å²) in [6, 6.07) is 15.1. The molecule has 6 heteroatoms. The highest BCUT2D eigenvalue weighted by atomic mass is 32.1. The van der Waals surface area contributed by atoms with E-state index in [-0.39, 0.29) is 0 Å². The number of rotatable bonds is 10. The van der Waals surface area contributed by atoms with Crippen molar-refractivity contribution in [1.82, 2.24) is 10.2 Å². The molecule has 2 aromatic rings. The predicted octanol–water partition coefficient (Wildman–Crippen LogP) is 3.59. The van der Waals surface area contributed by atoms with Gasteiger partial charge in [-0.15, -0.1) is 11.3 Å². The van der Waals surface area contributed by atoms with E-state index < -0.39 is 0 Å². The van der Waals surface area contributed by atoms with Crippen LogP contribution in [0.4, 0.5) is 0 Å². The van der Waals surface area contributed by atoms with Gasteiger partial charge in [-0.1, -0.05) is 18.2 Å². The van der Waals surface area contributed by atoms with Gasteiger partial charge >= 0.3 is 0 Å². The number of morpholine rings is 1. The van der Waals surface area contributed by atoms with Crippen molar-refractivity contribution in [3.05, 3.63) is 52.2 Å². The number of ether oxygens (including phenoxy) is 2. The summed E-state index contributed by atoms with van der Waals surface area (Å²) in [5.41, 5.74) is 1.21. The molecule has 0 radical (unpaired) electrons. The average molecular weight is 386 g/mol. The van der Waals surface area contributed by atoms with Crippen molar-refractivity contribution in [2.24, 2.45) is 0 Å². The van der Waals surface area contributed by atoms with Crippen LogP contribution in [0.15, 0.2) is 41.8 Å². The lowest BCUT2D eigenvalue weighted by molar-refractivity contribution is 0.0168. The molecule has 1 aliphatic rings. The monoisotopic (exact) mass is 385 g/mol. The first-order valence-electron chi connectivity index (χ1n) is 9.51. The Morgan fingerprint density at radius 1 is 1.26 bits per heavy atom. The largest absolute Gasteiger partial charge is 0.494 e. The van der Waals surface area contributed by atoms with Crippen molar-refractivity contribution >= 4 is 11.3 Å². The molecule has 5 nitrogen and oxygen atoms in total. The fraction of sp³-hybridized carbons (Fsp3) is 0.476. The van der Waals surface area contributed by atoms with Crippen LogP contribution in [-0.4, -0.2) is 44.4 Å². The third kappa shape index (κ3) is 6.33. The molecule has 2 heterocycles. The second kappa shape index (κ2) is 11.1. The fourth-order valence-corrected chi connectivity index (χ4v) is 4.08. The van der Waals surface area contributed by atoms with Crippen LogP contribution in [0, 0.1) is 11.3 Å². The highest BCUT2D eigenvalue weighted by molar-refractivity contribution is 7.10. The topological polar surface area (TPSA) is 57.5 Å². The molecule has 1 unspecified atom stereocenters. The number of nitriles is 1. The summed E-state index contributed by atoms with van der Waals surface area (Å²) in [5, 5.41) is 14.4. The normalized spacial score (nSPS) is 16.0.